The smallest absolute Gasteiger partial charge is 0.323 e. The molecule has 0 radical (unpaired) electrons. The van der Waals surface area contributed by atoms with E-state index in [1.54, 1.807) is 31.8 Å². The van der Waals surface area contributed by atoms with Crippen LogP contribution in [0.25, 0.3) is 11.2 Å². The van der Waals surface area contributed by atoms with E-state index in [1.165, 1.54) is 6.92 Å². The maximum atomic E-state index is 12.2. The maximum absolute atomic E-state index is 12.2. The molecule has 32 heavy (non-hydrogen) atoms. The van der Waals surface area contributed by atoms with Crippen molar-refractivity contribution in [2.45, 2.75) is 58.3 Å². The lowest BCUT2D eigenvalue weighted by Crippen LogP contribution is -2.33. The van der Waals surface area contributed by atoms with Gasteiger partial charge in [0.05, 0.1) is 25.1 Å². The summed E-state index contributed by atoms with van der Waals surface area (Å²) in [4.78, 5) is 24.5. The van der Waals surface area contributed by atoms with Crippen molar-refractivity contribution in [3.8, 4) is 0 Å². The maximum Gasteiger partial charge on any atom is 0.323 e. The Balaban J connectivity index is 1.65. The Labute approximate surface area is 186 Å². The molecule has 0 bridgehead atoms. The minimum atomic E-state index is -2.77. The van der Waals surface area contributed by atoms with E-state index in [9.17, 15) is 14.5 Å². The van der Waals surface area contributed by atoms with Crippen LogP contribution in [0, 0.1) is 5.92 Å². The summed E-state index contributed by atoms with van der Waals surface area (Å²) in [5, 5.41) is 16.1. The molecule has 1 saturated heterocycles. The van der Waals surface area contributed by atoms with Crippen LogP contribution in [0.5, 0.6) is 0 Å². The van der Waals surface area contributed by atoms with Crippen LogP contribution in [-0.2, 0) is 23.4 Å². The first-order chi connectivity index (χ1) is 15.1. The molecular weight excluding hydrogens is 441 g/mol. The molecule has 3 rings (SSSR count). The molecule has 0 saturated carbocycles. The predicted molar refractivity (Wildman–Crippen MR) is 117 cm³/mol. The van der Waals surface area contributed by atoms with Gasteiger partial charge in [0.15, 0.2) is 17.0 Å². The number of ether oxygens (including phenoxy) is 2. The molecule has 13 nitrogen and oxygen atoms in total. The summed E-state index contributed by atoms with van der Waals surface area (Å²) in [6.07, 6.45) is -0.969. The highest BCUT2D eigenvalue weighted by Gasteiger charge is 2.43. The molecule has 1 aliphatic rings. The number of hydrogen-bond donors (Lipinski definition) is 4. The largest absolute Gasteiger partial charge is 0.462 e. The van der Waals surface area contributed by atoms with Gasteiger partial charge in [0.1, 0.15) is 18.4 Å². The van der Waals surface area contributed by atoms with Gasteiger partial charge in [-0.05, 0) is 20.8 Å². The van der Waals surface area contributed by atoms with Crippen molar-refractivity contribution < 1.29 is 28.5 Å². The summed E-state index contributed by atoms with van der Waals surface area (Å²) in [6.45, 7) is 6.67. The average Bonchev–Trinajstić information content (AvgIpc) is 3.26. The molecule has 0 amide bonds. The number of nitrogens with two attached hydrogens (primary N) is 1. The lowest BCUT2D eigenvalue weighted by Gasteiger charge is -2.18. The number of imidazole rings is 1. The van der Waals surface area contributed by atoms with Gasteiger partial charge >= 0.3 is 5.97 Å². The fourth-order valence-corrected chi connectivity index (χ4v) is 4.28. The van der Waals surface area contributed by atoms with Gasteiger partial charge in [0.2, 0.25) is 5.95 Å². The molecule has 0 aromatic carbocycles. The first-order valence-electron chi connectivity index (χ1n) is 10.3. The van der Waals surface area contributed by atoms with Gasteiger partial charge in [-0.3, -0.25) is 13.9 Å². The molecule has 2 unspecified atom stereocenters. The van der Waals surface area contributed by atoms with Crippen molar-refractivity contribution in [3.63, 3.8) is 0 Å². The zero-order chi connectivity index (χ0) is 23.6. The molecule has 1 aliphatic heterocycles. The van der Waals surface area contributed by atoms with Crippen molar-refractivity contribution in [2.75, 3.05) is 24.7 Å². The van der Waals surface area contributed by atoms with Gasteiger partial charge in [0, 0.05) is 13.0 Å². The molecular formula is C18H30N7O6P. The Bertz CT molecular complexity index is 986. The van der Waals surface area contributed by atoms with Crippen LogP contribution in [0.4, 0.5) is 11.8 Å². The number of aliphatic hydroxyl groups is 1. The molecule has 3 heterocycles. The van der Waals surface area contributed by atoms with Gasteiger partial charge < -0.3 is 30.2 Å². The van der Waals surface area contributed by atoms with Crippen molar-refractivity contribution in [2.24, 2.45) is 5.92 Å². The molecule has 2 aromatic heterocycles. The van der Waals surface area contributed by atoms with Crippen LogP contribution in [0.15, 0.2) is 6.33 Å². The van der Waals surface area contributed by atoms with E-state index in [0.29, 0.717) is 17.0 Å². The normalized spacial score (nSPS) is 25.2. The highest BCUT2D eigenvalue weighted by Crippen LogP contribution is 2.37. The molecule has 1 fully saturated rings. The lowest BCUT2D eigenvalue weighted by atomic mass is 10.0. The number of carbonyl (C=O) groups is 1. The summed E-state index contributed by atoms with van der Waals surface area (Å²) in [7, 11) is -1.07. The number of anilines is 2. The average molecular weight is 471 g/mol. The fraction of sp³-hybridized carbons (Fsp3) is 0.667. The van der Waals surface area contributed by atoms with Crippen LogP contribution in [0.2, 0.25) is 0 Å². The molecule has 0 spiro atoms. The van der Waals surface area contributed by atoms with E-state index in [4.69, 9.17) is 19.7 Å². The second-order valence-corrected chi connectivity index (χ2v) is 9.02. The van der Waals surface area contributed by atoms with Crippen molar-refractivity contribution in [1.29, 1.82) is 0 Å². The van der Waals surface area contributed by atoms with E-state index >= 15 is 0 Å². The lowest BCUT2D eigenvalue weighted by molar-refractivity contribution is -0.149. The van der Waals surface area contributed by atoms with Crippen LogP contribution in [0.1, 0.15) is 33.9 Å². The number of nitrogen functional groups attached to an aromatic ring is 1. The third-order valence-corrected chi connectivity index (χ3v) is 6.15. The highest BCUT2D eigenvalue weighted by atomic mass is 31.1. The predicted octanol–water partition coefficient (Wildman–Crippen LogP) is 0.681. The zero-order valence-electron chi connectivity index (χ0n) is 18.6. The molecule has 178 valence electrons. The third-order valence-electron chi connectivity index (χ3n) is 5.05. The van der Waals surface area contributed by atoms with Crippen molar-refractivity contribution in [1.82, 2.24) is 24.6 Å². The van der Waals surface area contributed by atoms with Gasteiger partial charge in [-0.2, -0.15) is 9.97 Å². The summed E-state index contributed by atoms with van der Waals surface area (Å²) in [5.74, 6) is -0.316. The summed E-state index contributed by atoms with van der Waals surface area (Å²) in [5.41, 5.74) is 6.78. The van der Waals surface area contributed by atoms with Crippen LogP contribution < -0.4 is 16.1 Å². The van der Waals surface area contributed by atoms with Crippen molar-refractivity contribution >= 4 is 37.1 Å². The number of aromatic nitrogens is 4. The summed E-state index contributed by atoms with van der Waals surface area (Å²) in [6, 6.07) is -0.797. The number of fused-ring (bicyclic) bond motifs is 1. The molecule has 14 heteroatoms. The molecule has 0 aliphatic carbocycles. The zero-order valence-corrected chi connectivity index (χ0v) is 19.6. The van der Waals surface area contributed by atoms with Crippen LogP contribution >= 0.6 is 8.18 Å². The number of aliphatic hydroxyl groups excluding tert-OH is 1. The summed E-state index contributed by atoms with van der Waals surface area (Å²) >= 11 is 0. The van der Waals surface area contributed by atoms with Gasteiger partial charge in [-0.25, -0.2) is 10.1 Å². The Morgan fingerprint density at radius 3 is 2.78 bits per heavy atom. The van der Waals surface area contributed by atoms with Gasteiger partial charge in [0.25, 0.3) is 8.18 Å². The Morgan fingerprint density at radius 1 is 1.41 bits per heavy atom. The van der Waals surface area contributed by atoms with Gasteiger partial charge in [-0.1, -0.05) is 6.92 Å². The monoisotopic (exact) mass is 471 g/mol. The standard InChI is InChI=1S/C18H30N7O6P/c1-8(2)30-17(27)10(4)24-32(28)29-6-11-13(26)9(3)16(31-11)25-7-21-12-14(20-5)22-18(19)23-15(12)25/h7-11,13,16,26,32H,6H2,1-5H3,(H,24,28)(H3,19,20,22,23)/t9-,10-,11?,13-,16+/m0/s1. The van der Waals surface area contributed by atoms with Gasteiger partial charge in [-0.15, -0.1) is 0 Å². The number of esters is 1. The number of nitrogens with one attached hydrogen (secondary N) is 2. The van der Waals surface area contributed by atoms with E-state index in [-0.39, 0.29) is 24.6 Å². The van der Waals surface area contributed by atoms with E-state index in [1.807, 2.05) is 6.92 Å². The van der Waals surface area contributed by atoms with E-state index in [0.717, 1.165) is 0 Å². The SMILES string of the molecule is CNc1nc(N)nc2c1ncn2[C@@H]1OC(CO[PH](=O)N[C@@H](C)C(=O)OC(C)C)[C@@H](O)[C@@H]1C. The van der Waals surface area contributed by atoms with Crippen molar-refractivity contribution in [3.05, 3.63) is 6.33 Å². The third kappa shape index (κ3) is 5.18. The van der Waals surface area contributed by atoms with E-state index < -0.39 is 38.6 Å². The highest BCUT2D eigenvalue weighted by molar-refractivity contribution is 7.36. The number of carbonyl (C=O) groups excluding carboxylic acids is 1. The topological polar surface area (TPSA) is 176 Å². The Morgan fingerprint density at radius 2 is 2.12 bits per heavy atom. The minimum absolute atomic E-state index is 0.0736. The van der Waals surface area contributed by atoms with Crippen LogP contribution in [0.3, 0.4) is 0 Å². The van der Waals surface area contributed by atoms with Crippen LogP contribution in [-0.4, -0.2) is 68.6 Å². The Hall–Kier alpha value is -2.31. The molecule has 6 atom stereocenters. The molecule has 2 aromatic rings. The number of rotatable bonds is 9. The minimum Gasteiger partial charge on any atom is -0.462 e. The first-order valence-corrected chi connectivity index (χ1v) is 11.6. The molecule has 5 N–H and O–H groups in total. The number of nitrogens with zero attached hydrogens (tertiary/aromatic N) is 4. The Kier molecular flexibility index (Phi) is 7.67. The number of hydrogen-bond acceptors (Lipinski definition) is 11. The fourth-order valence-electron chi connectivity index (χ4n) is 3.41. The summed E-state index contributed by atoms with van der Waals surface area (Å²) < 4.78 is 30.3. The second-order valence-electron chi connectivity index (χ2n) is 7.87. The van der Waals surface area contributed by atoms with E-state index in [2.05, 4.69) is 25.4 Å². The second kappa shape index (κ2) is 10.1. The first kappa shape index (κ1) is 24.3. The quantitative estimate of drug-likeness (QED) is 0.298.